The molecule has 0 aromatic carbocycles. The number of nitrogens with one attached hydrogen (secondary N) is 1. The van der Waals surface area contributed by atoms with Crippen LogP contribution in [0.15, 0.2) is 0 Å². The maximum absolute atomic E-state index is 11.7. The molecule has 0 aromatic rings. The Balaban J connectivity index is 2.39. The van der Waals surface area contributed by atoms with Gasteiger partial charge in [0.1, 0.15) is 4.75 Å². The third-order valence-corrected chi connectivity index (χ3v) is 3.87. The normalized spacial score (nSPS) is 22.9. The van der Waals surface area contributed by atoms with Gasteiger partial charge >= 0.3 is 0 Å². The first kappa shape index (κ1) is 12.3. The average molecular weight is 221 g/mol. The zero-order chi connectivity index (χ0) is 10.8. The third-order valence-electron chi connectivity index (χ3n) is 2.24. The van der Waals surface area contributed by atoms with Crippen LogP contribution in [0.3, 0.4) is 0 Å². The topological polar surface area (TPSA) is 64.5 Å². The van der Waals surface area contributed by atoms with Crippen LogP contribution in [0.25, 0.3) is 0 Å². The summed E-state index contributed by atoms with van der Waals surface area (Å²) in [6, 6.07) is -0.108. The largest absolute Gasteiger partial charge is 0.598 e. The Hall–Kier alpha value is 0.190. The van der Waals surface area contributed by atoms with Crippen molar-refractivity contribution in [2.45, 2.75) is 31.6 Å². The first-order valence-electron chi connectivity index (χ1n) is 4.82. The highest BCUT2D eigenvalue weighted by molar-refractivity contribution is 7.90. The lowest BCUT2D eigenvalue weighted by molar-refractivity contribution is -0.0538. The van der Waals surface area contributed by atoms with E-state index in [2.05, 4.69) is 4.72 Å². The molecule has 1 rings (SSSR count). The molecule has 0 saturated carbocycles. The fourth-order valence-electron chi connectivity index (χ4n) is 1.08. The van der Waals surface area contributed by atoms with E-state index in [0.29, 0.717) is 19.1 Å². The minimum atomic E-state index is -1.12. The van der Waals surface area contributed by atoms with Crippen molar-refractivity contribution in [2.24, 2.45) is 5.92 Å². The first-order chi connectivity index (χ1) is 6.45. The van der Waals surface area contributed by atoms with Crippen molar-refractivity contribution >= 4 is 11.4 Å². The van der Waals surface area contributed by atoms with E-state index in [1.54, 1.807) is 0 Å². The van der Waals surface area contributed by atoms with Gasteiger partial charge in [-0.2, -0.15) is 0 Å². The summed E-state index contributed by atoms with van der Waals surface area (Å²) in [7, 11) is 0. The van der Waals surface area contributed by atoms with Crippen LogP contribution < -0.4 is 4.72 Å². The Kier molecular flexibility index (Phi) is 4.21. The van der Waals surface area contributed by atoms with E-state index in [9.17, 15) is 4.55 Å². The molecule has 0 bridgehead atoms. The number of hydrogen-bond acceptors (Lipinski definition) is 4. The molecule has 1 heterocycles. The second-order valence-electron chi connectivity index (χ2n) is 4.59. The summed E-state index contributed by atoms with van der Waals surface area (Å²) < 4.78 is 19.4. The second kappa shape index (κ2) is 4.81. The Morgan fingerprint density at radius 3 is 2.43 bits per heavy atom. The van der Waals surface area contributed by atoms with Gasteiger partial charge in [0.2, 0.25) is 0 Å². The van der Waals surface area contributed by atoms with Gasteiger partial charge in [0.25, 0.3) is 0 Å². The van der Waals surface area contributed by atoms with Gasteiger partial charge in [0.15, 0.2) is 0 Å². The van der Waals surface area contributed by atoms with Crippen LogP contribution >= 0.6 is 0 Å². The molecule has 1 saturated heterocycles. The van der Waals surface area contributed by atoms with Crippen LogP contribution in [0.1, 0.15) is 20.8 Å². The summed E-state index contributed by atoms with van der Waals surface area (Å²) in [6.07, 6.45) is 0. The Labute approximate surface area is 88.3 Å². The number of aliphatic hydroxyl groups excluding tert-OH is 1. The quantitative estimate of drug-likeness (QED) is 0.658. The van der Waals surface area contributed by atoms with E-state index in [1.807, 2.05) is 20.8 Å². The number of ether oxygens (including phenoxy) is 1. The van der Waals surface area contributed by atoms with Gasteiger partial charge in [0, 0.05) is 17.3 Å². The predicted molar refractivity (Wildman–Crippen MR) is 56.2 cm³/mol. The average Bonchev–Trinajstić information content (AvgIpc) is 1.97. The Morgan fingerprint density at radius 2 is 2.14 bits per heavy atom. The maximum atomic E-state index is 11.7. The summed E-state index contributed by atoms with van der Waals surface area (Å²) in [5.74, 6) is 0.297. The molecule has 1 aliphatic rings. The molecule has 1 aliphatic heterocycles. The monoisotopic (exact) mass is 221 g/mol. The van der Waals surface area contributed by atoms with Crippen molar-refractivity contribution in [1.82, 2.24) is 4.72 Å². The van der Waals surface area contributed by atoms with E-state index in [4.69, 9.17) is 9.84 Å². The zero-order valence-corrected chi connectivity index (χ0v) is 9.76. The molecule has 84 valence electrons. The van der Waals surface area contributed by atoms with E-state index >= 15 is 0 Å². The van der Waals surface area contributed by atoms with Crippen LogP contribution in [0.5, 0.6) is 0 Å². The van der Waals surface area contributed by atoms with Crippen molar-refractivity contribution < 1.29 is 14.4 Å². The van der Waals surface area contributed by atoms with E-state index in [-0.39, 0.29) is 17.4 Å². The lowest BCUT2D eigenvalue weighted by atomic mass is 10.00. The lowest BCUT2D eigenvalue weighted by Gasteiger charge is -2.35. The van der Waals surface area contributed by atoms with Crippen molar-refractivity contribution in [1.29, 1.82) is 0 Å². The third kappa shape index (κ3) is 3.10. The molecule has 2 atom stereocenters. The molecular formula is C9H19NO3S. The van der Waals surface area contributed by atoms with E-state index < -0.39 is 11.4 Å². The fourth-order valence-corrected chi connectivity index (χ4v) is 1.98. The van der Waals surface area contributed by atoms with Gasteiger partial charge in [-0.25, -0.2) is 0 Å². The van der Waals surface area contributed by atoms with E-state index in [1.165, 1.54) is 0 Å². The van der Waals surface area contributed by atoms with Gasteiger partial charge in [-0.3, -0.25) is 0 Å². The number of rotatable bonds is 4. The van der Waals surface area contributed by atoms with E-state index in [0.717, 1.165) is 0 Å². The molecule has 2 N–H and O–H groups in total. The van der Waals surface area contributed by atoms with Gasteiger partial charge in [-0.15, -0.1) is 4.72 Å². The molecule has 0 spiro atoms. The van der Waals surface area contributed by atoms with Crippen molar-refractivity contribution in [2.75, 3.05) is 19.8 Å². The molecule has 5 heteroatoms. The van der Waals surface area contributed by atoms with Crippen LogP contribution in [-0.2, 0) is 16.1 Å². The van der Waals surface area contributed by atoms with Crippen LogP contribution in [0.4, 0.5) is 0 Å². The summed E-state index contributed by atoms with van der Waals surface area (Å²) in [6.45, 7) is 7.03. The molecule has 0 aliphatic carbocycles. The number of hydrogen-bond donors (Lipinski definition) is 2. The minimum absolute atomic E-state index is 0.00977. The zero-order valence-electron chi connectivity index (χ0n) is 8.95. The molecule has 1 fully saturated rings. The van der Waals surface area contributed by atoms with Gasteiger partial charge in [-0.05, 0) is 20.8 Å². The lowest BCUT2D eigenvalue weighted by Crippen LogP contribution is -2.53. The molecule has 0 radical (unpaired) electrons. The molecule has 0 amide bonds. The molecular weight excluding hydrogens is 202 g/mol. The second-order valence-corrected chi connectivity index (χ2v) is 6.58. The Bertz CT molecular complexity index is 179. The summed E-state index contributed by atoms with van der Waals surface area (Å²) in [4.78, 5) is 0. The minimum Gasteiger partial charge on any atom is -0.598 e. The van der Waals surface area contributed by atoms with Crippen LogP contribution in [0.2, 0.25) is 0 Å². The van der Waals surface area contributed by atoms with Gasteiger partial charge in [-0.1, -0.05) is 0 Å². The van der Waals surface area contributed by atoms with Gasteiger partial charge < -0.3 is 14.4 Å². The molecule has 4 nitrogen and oxygen atoms in total. The van der Waals surface area contributed by atoms with Crippen molar-refractivity contribution in [3.8, 4) is 0 Å². The standard InChI is InChI=1S/C9H19NO3S/c1-9(2,3)14(12)10-8(4-11)7-5-13-6-7/h7-8,10-11H,4-6H2,1-3H3/t8?,14-/m0/s1. The summed E-state index contributed by atoms with van der Waals surface area (Å²) in [5.41, 5.74) is 0. The highest BCUT2D eigenvalue weighted by Gasteiger charge is 2.35. The maximum Gasteiger partial charge on any atom is 0.136 e. The summed E-state index contributed by atoms with van der Waals surface area (Å²) in [5, 5.41) is 9.12. The van der Waals surface area contributed by atoms with Crippen LogP contribution in [-0.4, -0.2) is 40.3 Å². The molecule has 0 aromatic heterocycles. The highest BCUT2D eigenvalue weighted by Crippen LogP contribution is 2.19. The van der Waals surface area contributed by atoms with Gasteiger partial charge in [0.05, 0.1) is 25.9 Å². The number of aliphatic hydroxyl groups is 1. The van der Waals surface area contributed by atoms with Crippen molar-refractivity contribution in [3.05, 3.63) is 0 Å². The predicted octanol–water partition coefficient (Wildman–Crippen LogP) is 0.0455. The summed E-state index contributed by atoms with van der Waals surface area (Å²) >= 11 is -1.12. The SMILES string of the molecule is CC(C)(C)[S@+]([O-])NC(CO)C1COC1. The molecule has 1 unspecified atom stereocenters. The van der Waals surface area contributed by atoms with Crippen LogP contribution in [0, 0.1) is 5.92 Å². The molecule has 14 heavy (non-hydrogen) atoms. The van der Waals surface area contributed by atoms with Crippen molar-refractivity contribution in [3.63, 3.8) is 0 Å². The smallest absolute Gasteiger partial charge is 0.136 e. The fraction of sp³-hybridized carbons (Fsp3) is 1.00. The highest BCUT2D eigenvalue weighted by atomic mass is 32.2. The Morgan fingerprint density at radius 1 is 1.57 bits per heavy atom. The first-order valence-corrected chi connectivity index (χ1v) is 5.97.